The molecule has 2 amide bonds. The third kappa shape index (κ3) is 3.00. The van der Waals surface area contributed by atoms with Crippen LogP contribution in [0.2, 0.25) is 0 Å². The van der Waals surface area contributed by atoms with Gasteiger partial charge in [0, 0.05) is 11.3 Å². The quantitative estimate of drug-likeness (QED) is 0.742. The second kappa shape index (κ2) is 6.43. The van der Waals surface area contributed by atoms with Crippen LogP contribution in [0.1, 0.15) is 24.1 Å². The monoisotopic (exact) mass is 341 g/mol. The highest BCUT2D eigenvalue weighted by Gasteiger charge is 2.40. The molecule has 1 aromatic carbocycles. The van der Waals surface area contributed by atoms with Crippen LogP contribution in [0.3, 0.4) is 0 Å². The summed E-state index contributed by atoms with van der Waals surface area (Å²) >= 11 is 0. The molecule has 1 aromatic heterocycles. The number of nitrogens with one attached hydrogen (secondary N) is 3. The average molecular weight is 341 g/mol. The van der Waals surface area contributed by atoms with Crippen LogP contribution in [0.25, 0.3) is 10.9 Å². The number of aryl methyl sites for hydroxylation is 1. The van der Waals surface area contributed by atoms with Gasteiger partial charge in [0.1, 0.15) is 5.92 Å². The summed E-state index contributed by atoms with van der Waals surface area (Å²) in [5, 5.41) is 5.93. The molecule has 1 aliphatic heterocycles. The predicted molar refractivity (Wildman–Crippen MR) is 93.0 cm³/mol. The summed E-state index contributed by atoms with van der Waals surface area (Å²) in [7, 11) is 0. The van der Waals surface area contributed by atoms with Crippen LogP contribution in [0.15, 0.2) is 41.3 Å². The number of hydrogen-bond donors (Lipinski definition) is 3. The molecular formula is C18H19N3O4. The smallest absolute Gasteiger partial charge is 0.319 e. The Morgan fingerprint density at radius 1 is 1.32 bits per heavy atom. The van der Waals surface area contributed by atoms with Crippen LogP contribution in [-0.4, -0.2) is 23.6 Å². The molecule has 3 rings (SSSR count). The molecule has 0 saturated carbocycles. The minimum Gasteiger partial charge on any atom is -0.465 e. The molecule has 1 fully saturated rings. The lowest BCUT2D eigenvalue weighted by Gasteiger charge is -2.32. The molecule has 0 bridgehead atoms. The molecule has 2 aromatic rings. The number of aromatic amines is 1. The van der Waals surface area contributed by atoms with Crippen molar-refractivity contribution in [2.45, 2.75) is 19.9 Å². The first-order valence-corrected chi connectivity index (χ1v) is 7.98. The van der Waals surface area contributed by atoms with Crippen molar-refractivity contribution in [2.24, 2.45) is 5.92 Å². The average Bonchev–Trinajstić information content (AvgIpc) is 2.54. The van der Waals surface area contributed by atoms with E-state index in [-0.39, 0.29) is 23.4 Å². The largest absolute Gasteiger partial charge is 0.465 e. The van der Waals surface area contributed by atoms with Gasteiger partial charge in [-0.1, -0.05) is 24.8 Å². The highest BCUT2D eigenvalue weighted by molar-refractivity contribution is 5.86. The molecule has 0 spiro atoms. The Balaban J connectivity index is 2.13. The Kier molecular flexibility index (Phi) is 4.31. The van der Waals surface area contributed by atoms with Crippen LogP contribution in [-0.2, 0) is 9.53 Å². The Hall–Kier alpha value is -3.09. The van der Waals surface area contributed by atoms with E-state index in [0.717, 1.165) is 16.5 Å². The van der Waals surface area contributed by atoms with Crippen molar-refractivity contribution >= 4 is 22.9 Å². The van der Waals surface area contributed by atoms with E-state index in [4.69, 9.17) is 4.74 Å². The summed E-state index contributed by atoms with van der Waals surface area (Å²) in [5.41, 5.74) is 1.78. The van der Waals surface area contributed by atoms with Gasteiger partial charge in [0.25, 0.3) is 5.56 Å². The van der Waals surface area contributed by atoms with Gasteiger partial charge in [-0.3, -0.25) is 9.59 Å². The summed E-state index contributed by atoms with van der Waals surface area (Å²) in [5.74, 6) is -1.44. The molecule has 7 heteroatoms. The van der Waals surface area contributed by atoms with Gasteiger partial charge in [0.15, 0.2) is 0 Å². The number of esters is 1. The number of amides is 2. The number of carbonyl (C=O) groups is 2. The zero-order chi connectivity index (χ0) is 18.1. The highest BCUT2D eigenvalue weighted by atomic mass is 16.5. The van der Waals surface area contributed by atoms with Gasteiger partial charge in [-0.05, 0) is 30.9 Å². The van der Waals surface area contributed by atoms with Gasteiger partial charge in [0.05, 0.1) is 18.2 Å². The standard InChI is InChI=1S/C18H19N3O4/c1-4-25-17(23)13-10(3)19-18(24)21-15(13)12-8-11-7-5-6-9(2)14(11)20-16(12)22/h5-8,13,15H,3-4H2,1-2H3,(H,20,22)(H2,19,21,24)/t13-,15+/m0/s1. The number of aromatic nitrogens is 1. The van der Waals surface area contributed by atoms with E-state index >= 15 is 0 Å². The predicted octanol–water partition coefficient (Wildman–Crippen LogP) is 1.88. The van der Waals surface area contributed by atoms with Gasteiger partial charge >= 0.3 is 12.0 Å². The number of urea groups is 1. The molecule has 3 N–H and O–H groups in total. The summed E-state index contributed by atoms with van der Waals surface area (Å²) in [6.45, 7) is 7.52. The first kappa shape index (κ1) is 16.8. The number of hydrogen-bond acceptors (Lipinski definition) is 4. The molecule has 7 nitrogen and oxygen atoms in total. The zero-order valence-corrected chi connectivity index (χ0v) is 14.0. The van der Waals surface area contributed by atoms with E-state index in [1.165, 1.54) is 0 Å². The van der Waals surface area contributed by atoms with Crippen molar-refractivity contribution in [2.75, 3.05) is 6.61 Å². The number of pyridine rings is 1. The Morgan fingerprint density at radius 2 is 2.08 bits per heavy atom. The van der Waals surface area contributed by atoms with Gasteiger partial charge in [0.2, 0.25) is 0 Å². The number of para-hydroxylation sites is 1. The molecule has 2 heterocycles. The van der Waals surface area contributed by atoms with E-state index in [1.807, 2.05) is 25.1 Å². The molecule has 0 radical (unpaired) electrons. The molecule has 0 unspecified atom stereocenters. The van der Waals surface area contributed by atoms with Crippen LogP contribution in [0.4, 0.5) is 4.79 Å². The fourth-order valence-electron chi connectivity index (χ4n) is 3.08. The van der Waals surface area contributed by atoms with Crippen LogP contribution >= 0.6 is 0 Å². The fourth-order valence-corrected chi connectivity index (χ4v) is 3.08. The second-order valence-corrected chi connectivity index (χ2v) is 5.92. The topological polar surface area (TPSA) is 100 Å². The first-order valence-electron chi connectivity index (χ1n) is 7.98. The summed E-state index contributed by atoms with van der Waals surface area (Å²) in [6, 6.07) is 5.96. The normalized spacial score (nSPS) is 20.1. The molecule has 130 valence electrons. The zero-order valence-electron chi connectivity index (χ0n) is 14.0. The van der Waals surface area contributed by atoms with Crippen LogP contribution in [0.5, 0.6) is 0 Å². The van der Waals surface area contributed by atoms with E-state index in [2.05, 4.69) is 22.2 Å². The minimum absolute atomic E-state index is 0.191. The number of rotatable bonds is 3. The third-order valence-corrected chi connectivity index (χ3v) is 4.26. The fraction of sp³-hybridized carbons (Fsp3) is 0.278. The van der Waals surface area contributed by atoms with Gasteiger partial charge < -0.3 is 20.4 Å². The maximum atomic E-state index is 12.6. The third-order valence-electron chi connectivity index (χ3n) is 4.26. The molecular weight excluding hydrogens is 322 g/mol. The van der Waals surface area contributed by atoms with Gasteiger partial charge in [-0.25, -0.2) is 4.79 Å². The van der Waals surface area contributed by atoms with Crippen molar-refractivity contribution in [1.29, 1.82) is 0 Å². The van der Waals surface area contributed by atoms with E-state index in [0.29, 0.717) is 0 Å². The van der Waals surface area contributed by atoms with Crippen molar-refractivity contribution in [3.8, 4) is 0 Å². The lowest BCUT2D eigenvalue weighted by Crippen LogP contribution is -2.52. The summed E-state index contributed by atoms with van der Waals surface area (Å²) in [6.07, 6.45) is 0. The van der Waals surface area contributed by atoms with E-state index < -0.39 is 24.0 Å². The van der Waals surface area contributed by atoms with Crippen molar-refractivity contribution < 1.29 is 14.3 Å². The maximum absolute atomic E-state index is 12.6. The maximum Gasteiger partial charge on any atom is 0.319 e. The Bertz CT molecular complexity index is 932. The first-order chi connectivity index (χ1) is 11.9. The summed E-state index contributed by atoms with van der Waals surface area (Å²) < 4.78 is 5.08. The number of fused-ring (bicyclic) bond motifs is 1. The molecule has 1 saturated heterocycles. The number of benzene rings is 1. The van der Waals surface area contributed by atoms with Crippen LogP contribution < -0.4 is 16.2 Å². The number of carbonyl (C=O) groups excluding carboxylic acids is 2. The van der Waals surface area contributed by atoms with Gasteiger partial charge in [-0.15, -0.1) is 0 Å². The molecule has 2 atom stereocenters. The second-order valence-electron chi connectivity index (χ2n) is 5.92. The van der Waals surface area contributed by atoms with Crippen molar-refractivity contribution in [1.82, 2.24) is 15.6 Å². The van der Waals surface area contributed by atoms with Crippen LogP contribution in [0, 0.1) is 12.8 Å². The highest BCUT2D eigenvalue weighted by Crippen LogP contribution is 2.30. The molecule has 0 aliphatic carbocycles. The lowest BCUT2D eigenvalue weighted by molar-refractivity contribution is -0.147. The number of ether oxygens (including phenoxy) is 1. The molecule has 25 heavy (non-hydrogen) atoms. The van der Waals surface area contributed by atoms with Gasteiger partial charge in [-0.2, -0.15) is 0 Å². The van der Waals surface area contributed by atoms with Crippen molar-refractivity contribution in [3.05, 3.63) is 58.0 Å². The Morgan fingerprint density at radius 3 is 2.80 bits per heavy atom. The summed E-state index contributed by atoms with van der Waals surface area (Å²) in [4.78, 5) is 39.7. The number of H-pyrrole nitrogens is 1. The van der Waals surface area contributed by atoms with E-state index in [1.54, 1.807) is 13.0 Å². The lowest BCUT2D eigenvalue weighted by atomic mass is 9.89. The SMILES string of the molecule is C=C1NC(=O)N[C@H](c2cc3cccc(C)c3[nH]c2=O)[C@H]1C(=O)OCC. The van der Waals surface area contributed by atoms with Crippen molar-refractivity contribution in [3.63, 3.8) is 0 Å². The van der Waals surface area contributed by atoms with E-state index in [9.17, 15) is 14.4 Å². The molecule has 1 aliphatic rings. The Labute approximate surface area is 144 Å². The minimum atomic E-state index is -0.888.